The molecule has 0 bridgehead atoms. The summed E-state index contributed by atoms with van der Waals surface area (Å²) in [5, 5.41) is 0. The van der Waals surface area contributed by atoms with Gasteiger partial charge >= 0.3 is 111 Å². The summed E-state index contributed by atoms with van der Waals surface area (Å²) in [6.07, 6.45) is 2.62. The van der Waals surface area contributed by atoms with Gasteiger partial charge in [0.1, 0.15) is 0 Å². The molecule has 0 unspecified atom stereocenters. The van der Waals surface area contributed by atoms with Crippen LogP contribution in [0.25, 0.3) is 0 Å². The summed E-state index contributed by atoms with van der Waals surface area (Å²) >= 11 is -1.75. The van der Waals surface area contributed by atoms with E-state index in [0.717, 1.165) is 0 Å². The fraction of sp³-hybridized carbons (Fsp3) is 0.692. The van der Waals surface area contributed by atoms with Crippen molar-refractivity contribution < 1.29 is 0 Å². The molecule has 0 aromatic heterocycles. The van der Waals surface area contributed by atoms with E-state index in [1.165, 1.54) is 25.9 Å². The van der Waals surface area contributed by atoms with Crippen molar-refractivity contribution in [2.75, 3.05) is 27.2 Å². The van der Waals surface area contributed by atoms with Gasteiger partial charge in [-0.25, -0.2) is 0 Å². The van der Waals surface area contributed by atoms with Crippen LogP contribution in [0.3, 0.4) is 0 Å². The third-order valence-corrected chi connectivity index (χ3v) is 7.21. The molecule has 2 nitrogen and oxygen atoms in total. The van der Waals surface area contributed by atoms with Crippen LogP contribution < -0.4 is 0 Å². The van der Waals surface area contributed by atoms with Crippen LogP contribution in [-0.2, 0) is 0 Å². The molecule has 0 spiro atoms. The molecular weight excluding hydrogens is 314 g/mol. The fourth-order valence-corrected chi connectivity index (χ4v) is 6.57. The summed E-state index contributed by atoms with van der Waals surface area (Å²) < 4.78 is 2.65. The summed E-state index contributed by atoms with van der Waals surface area (Å²) in [6.45, 7) is 2.93. The molecule has 2 aliphatic rings. The summed E-state index contributed by atoms with van der Waals surface area (Å²) in [5.74, 6) is 2.50. The molecule has 0 aromatic rings. The normalized spacial score (nSPS) is 28.2. The van der Waals surface area contributed by atoms with Crippen molar-refractivity contribution in [3.8, 4) is 0 Å². The van der Waals surface area contributed by atoms with Gasteiger partial charge in [-0.2, -0.15) is 0 Å². The molecule has 1 saturated carbocycles. The topological polar surface area (TPSA) is 6.48 Å². The molecule has 17 heavy (non-hydrogen) atoms. The van der Waals surface area contributed by atoms with Crippen molar-refractivity contribution in [2.24, 2.45) is 0 Å². The number of hydrogen-bond acceptors (Lipinski definition) is 2. The Balaban J connectivity index is 2.10. The van der Waals surface area contributed by atoms with Gasteiger partial charge < -0.3 is 0 Å². The number of allylic oxidation sites excluding steroid dienone is 2. The molecule has 4 heteroatoms. The van der Waals surface area contributed by atoms with E-state index in [1.54, 1.807) is 11.1 Å². The average molecular weight is 339 g/mol. The minimum atomic E-state index is -1.75. The number of rotatable bonds is 2. The first-order chi connectivity index (χ1) is 7.87. The van der Waals surface area contributed by atoms with Gasteiger partial charge in [-0.3, -0.25) is 0 Å². The Kier molecular flexibility index (Phi) is 4.10. The van der Waals surface area contributed by atoms with E-state index in [4.69, 9.17) is 0 Å². The van der Waals surface area contributed by atoms with E-state index in [9.17, 15) is 0 Å². The van der Waals surface area contributed by atoms with E-state index >= 15 is 0 Å². The fourth-order valence-electron chi connectivity index (χ4n) is 2.64. The molecule has 1 aliphatic heterocycles. The number of nitrogens with zero attached hydrogens (tertiary/aromatic N) is 2. The molecule has 0 N–H and O–H groups in total. The Morgan fingerprint density at radius 1 is 1.00 bits per heavy atom. The van der Waals surface area contributed by atoms with Crippen molar-refractivity contribution in [1.82, 2.24) is 9.62 Å². The van der Waals surface area contributed by atoms with Gasteiger partial charge in [-0.15, -0.1) is 0 Å². The van der Waals surface area contributed by atoms with Gasteiger partial charge in [0, 0.05) is 0 Å². The predicted octanol–water partition coefficient (Wildman–Crippen LogP) is 2.42. The van der Waals surface area contributed by atoms with Gasteiger partial charge in [0.2, 0.25) is 0 Å². The molecule has 0 atom stereocenters. The minimum absolute atomic E-state index is 0.531. The van der Waals surface area contributed by atoms with Crippen LogP contribution in [0.4, 0.5) is 0 Å². The molecule has 94 valence electrons. The van der Waals surface area contributed by atoms with Gasteiger partial charge in [0.15, 0.2) is 0 Å². The van der Waals surface area contributed by atoms with Crippen molar-refractivity contribution in [1.29, 1.82) is 0 Å². The zero-order valence-electron chi connectivity index (χ0n) is 12.0. The van der Waals surface area contributed by atoms with Gasteiger partial charge in [0.05, 0.1) is 0 Å². The number of hydrogen-bond donors (Lipinski definition) is 0. The summed E-state index contributed by atoms with van der Waals surface area (Å²) in [4.78, 5) is 12.4. The summed E-state index contributed by atoms with van der Waals surface area (Å²) in [6, 6.07) is 0. The third-order valence-electron chi connectivity index (χ3n) is 3.74. The summed E-state index contributed by atoms with van der Waals surface area (Å²) in [7, 11) is 4.46. The first kappa shape index (κ1) is 13.7. The Bertz CT molecular complexity index is 347. The maximum atomic E-state index is 2.65. The van der Waals surface area contributed by atoms with Gasteiger partial charge in [-0.1, -0.05) is 0 Å². The average Bonchev–Trinajstić information content (AvgIpc) is 2.50. The van der Waals surface area contributed by atoms with Crippen LogP contribution in [0.2, 0.25) is 14.8 Å². The Labute approximate surface area is 111 Å². The standard InChI is InChI=1S/C10H16BN2.3CH3.Sn/c1-9-4-5-10(9)8-11-12(2)6-7-13(11)3;;;;/h1,8H,4-7H2,2-3H3;3*1H3;/b9-1?,10-8+;;;;. The van der Waals surface area contributed by atoms with Crippen LogP contribution >= 0.6 is 0 Å². The SMILES string of the molecule is CN1CCN(C)B1/C=C1\CC\C1=[CH]\[Sn]([CH3])([CH3])[CH3]. The Hall–Kier alpha value is 0.264. The molecule has 1 heterocycles. The second kappa shape index (κ2) is 5.10. The van der Waals surface area contributed by atoms with Crippen LogP contribution in [0, 0.1) is 0 Å². The predicted molar refractivity (Wildman–Crippen MR) is 79.8 cm³/mol. The molecule has 0 aromatic carbocycles. The van der Waals surface area contributed by atoms with Crippen LogP contribution in [-0.4, -0.2) is 62.2 Å². The first-order valence-electron chi connectivity index (χ1n) is 6.70. The van der Waals surface area contributed by atoms with E-state index in [0.29, 0.717) is 6.98 Å². The zero-order chi connectivity index (χ0) is 12.6. The van der Waals surface area contributed by atoms with Crippen LogP contribution in [0.15, 0.2) is 21.2 Å². The van der Waals surface area contributed by atoms with Crippen molar-refractivity contribution in [2.45, 2.75) is 27.7 Å². The second-order valence-electron chi connectivity index (χ2n) is 6.60. The van der Waals surface area contributed by atoms with Crippen molar-refractivity contribution in [3.05, 3.63) is 21.2 Å². The molecule has 2 rings (SSSR count). The van der Waals surface area contributed by atoms with Gasteiger partial charge in [-0.05, 0) is 0 Å². The Morgan fingerprint density at radius 3 is 1.94 bits per heavy atom. The van der Waals surface area contributed by atoms with Gasteiger partial charge in [0.25, 0.3) is 0 Å². The van der Waals surface area contributed by atoms with Crippen molar-refractivity contribution >= 4 is 25.4 Å². The molecule has 1 saturated heterocycles. The molecule has 1 aliphatic carbocycles. The van der Waals surface area contributed by atoms with Crippen LogP contribution in [0.5, 0.6) is 0 Å². The molecular formula is C13H25BN2Sn. The van der Waals surface area contributed by atoms with E-state index in [1.807, 2.05) is 0 Å². The molecule has 2 fully saturated rings. The van der Waals surface area contributed by atoms with Crippen molar-refractivity contribution in [3.63, 3.8) is 0 Å². The monoisotopic (exact) mass is 340 g/mol. The first-order valence-corrected chi connectivity index (χ1v) is 16.9. The van der Waals surface area contributed by atoms with E-state index in [2.05, 4.69) is 48.6 Å². The quantitative estimate of drug-likeness (QED) is 0.713. The number of likely N-dealkylation sites (N-methyl/N-ethyl adjacent to an activating group) is 2. The third kappa shape index (κ3) is 3.39. The van der Waals surface area contributed by atoms with E-state index in [-0.39, 0.29) is 0 Å². The summed E-state index contributed by atoms with van der Waals surface area (Å²) in [5.41, 5.74) is 3.30. The molecule has 0 amide bonds. The Morgan fingerprint density at radius 2 is 1.53 bits per heavy atom. The van der Waals surface area contributed by atoms with E-state index < -0.39 is 18.4 Å². The zero-order valence-corrected chi connectivity index (χ0v) is 14.8. The second-order valence-corrected chi connectivity index (χ2v) is 20.9. The maximum absolute atomic E-state index is 2.65. The molecule has 0 radical (unpaired) electrons. The van der Waals surface area contributed by atoms with Crippen LogP contribution in [0.1, 0.15) is 12.8 Å².